The van der Waals surface area contributed by atoms with Crippen LogP contribution in [0.25, 0.3) is 0 Å². The Bertz CT molecular complexity index is 652. The van der Waals surface area contributed by atoms with Gasteiger partial charge in [-0.15, -0.1) is 0 Å². The lowest BCUT2D eigenvalue weighted by Crippen LogP contribution is -2.20. The number of benzene rings is 2. The van der Waals surface area contributed by atoms with Gasteiger partial charge in [0.1, 0.15) is 11.6 Å². The van der Waals surface area contributed by atoms with Gasteiger partial charge in [0, 0.05) is 5.69 Å². The molecule has 0 atom stereocenters. The van der Waals surface area contributed by atoms with E-state index in [0.717, 1.165) is 18.5 Å². The standard InChI is InChI=1S/C17H16FNO2/c18-14-5-8-16(9-6-14)21-11-17(20)19-15-7-4-12-2-1-3-13(12)10-15/h4-10H,1-3,11H2,(H,19,20). The predicted octanol–water partition coefficient (Wildman–Crippen LogP) is 3.33. The number of rotatable bonds is 4. The fourth-order valence-electron chi connectivity index (χ4n) is 2.53. The molecule has 21 heavy (non-hydrogen) atoms. The second kappa shape index (κ2) is 5.95. The zero-order chi connectivity index (χ0) is 14.7. The summed E-state index contributed by atoms with van der Waals surface area (Å²) in [5, 5.41) is 2.82. The van der Waals surface area contributed by atoms with Gasteiger partial charge in [-0.2, -0.15) is 0 Å². The van der Waals surface area contributed by atoms with Crippen molar-refractivity contribution in [2.75, 3.05) is 11.9 Å². The Morgan fingerprint density at radius 1 is 1.10 bits per heavy atom. The number of carbonyl (C=O) groups excluding carboxylic acids is 1. The molecular formula is C17H16FNO2. The molecule has 2 aromatic rings. The normalized spacial score (nSPS) is 12.8. The van der Waals surface area contributed by atoms with Crippen molar-refractivity contribution in [1.82, 2.24) is 0 Å². The van der Waals surface area contributed by atoms with Crippen LogP contribution in [0.2, 0.25) is 0 Å². The molecule has 0 unspecified atom stereocenters. The van der Waals surface area contributed by atoms with Gasteiger partial charge >= 0.3 is 0 Å². The maximum atomic E-state index is 12.7. The van der Waals surface area contributed by atoms with Crippen molar-refractivity contribution in [2.24, 2.45) is 0 Å². The maximum absolute atomic E-state index is 12.7. The van der Waals surface area contributed by atoms with E-state index in [1.54, 1.807) is 0 Å². The zero-order valence-electron chi connectivity index (χ0n) is 11.6. The van der Waals surface area contributed by atoms with E-state index in [1.165, 1.54) is 41.8 Å². The van der Waals surface area contributed by atoms with Crippen LogP contribution in [-0.4, -0.2) is 12.5 Å². The molecule has 0 saturated heterocycles. The summed E-state index contributed by atoms with van der Waals surface area (Å²) >= 11 is 0. The minimum Gasteiger partial charge on any atom is -0.484 e. The lowest BCUT2D eigenvalue weighted by atomic mass is 10.1. The van der Waals surface area contributed by atoms with E-state index in [0.29, 0.717) is 5.75 Å². The topological polar surface area (TPSA) is 38.3 Å². The van der Waals surface area contributed by atoms with Gasteiger partial charge in [0.15, 0.2) is 6.61 Å². The number of amides is 1. The Kier molecular flexibility index (Phi) is 3.86. The Morgan fingerprint density at radius 3 is 2.67 bits per heavy atom. The van der Waals surface area contributed by atoms with Gasteiger partial charge in [0.05, 0.1) is 0 Å². The van der Waals surface area contributed by atoms with Crippen LogP contribution in [0.1, 0.15) is 17.5 Å². The van der Waals surface area contributed by atoms with Crippen molar-refractivity contribution in [3.63, 3.8) is 0 Å². The highest BCUT2D eigenvalue weighted by Crippen LogP contribution is 2.24. The first-order valence-electron chi connectivity index (χ1n) is 7.01. The van der Waals surface area contributed by atoms with Crippen molar-refractivity contribution in [2.45, 2.75) is 19.3 Å². The second-order valence-corrected chi connectivity index (χ2v) is 5.13. The third-order valence-electron chi connectivity index (χ3n) is 3.57. The number of nitrogens with one attached hydrogen (secondary N) is 1. The highest BCUT2D eigenvalue weighted by Gasteiger charge is 2.12. The van der Waals surface area contributed by atoms with E-state index in [9.17, 15) is 9.18 Å². The van der Waals surface area contributed by atoms with Crippen LogP contribution in [0.15, 0.2) is 42.5 Å². The molecule has 1 amide bonds. The Balaban J connectivity index is 1.55. The number of hydrogen-bond donors (Lipinski definition) is 1. The fourth-order valence-corrected chi connectivity index (χ4v) is 2.53. The first-order valence-corrected chi connectivity index (χ1v) is 7.01. The van der Waals surface area contributed by atoms with E-state index >= 15 is 0 Å². The highest BCUT2D eigenvalue weighted by atomic mass is 19.1. The summed E-state index contributed by atoms with van der Waals surface area (Å²) in [7, 11) is 0. The zero-order valence-corrected chi connectivity index (χ0v) is 11.6. The average Bonchev–Trinajstić information content (AvgIpc) is 2.94. The van der Waals surface area contributed by atoms with Crippen LogP contribution in [-0.2, 0) is 17.6 Å². The van der Waals surface area contributed by atoms with Gasteiger partial charge in [0.2, 0.25) is 0 Å². The number of fused-ring (bicyclic) bond motifs is 1. The van der Waals surface area contributed by atoms with Crippen molar-refractivity contribution in [3.05, 3.63) is 59.4 Å². The third-order valence-corrected chi connectivity index (χ3v) is 3.57. The number of carbonyl (C=O) groups is 1. The summed E-state index contributed by atoms with van der Waals surface area (Å²) in [5.74, 6) is -0.0808. The molecule has 0 spiro atoms. The van der Waals surface area contributed by atoms with Crippen LogP contribution in [0.5, 0.6) is 5.75 Å². The monoisotopic (exact) mass is 285 g/mol. The van der Waals surface area contributed by atoms with E-state index < -0.39 is 0 Å². The van der Waals surface area contributed by atoms with Gasteiger partial charge in [0.25, 0.3) is 5.91 Å². The molecule has 4 heteroatoms. The number of ether oxygens (including phenoxy) is 1. The highest BCUT2D eigenvalue weighted by molar-refractivity contribution is 5.92. The molecule has 2 aromatic carbocycles. The van der Waals surface area contributed by atoms with Crippen LogP contribution < -0.4 is 10.1 Å². The summed E-state index contributed by atoms with van der Waals surface area (Å²) in [5.41, 5.74) is 3.48. The number of anilines is 1. The van der Waals surface area contributed by atoms with E-state index in [2.05, 4.69) is 11.4 Å². The van der Waals surface area contributed by atoms with Gasteiger partial charge in [-0.25, -0.2) is 4.39 Å². The quantitative estimate of drug-likeness (QED) is 0.935. The molecule has 0 aromatic heterocycles. The summed E-state index contributed by atoms with van der Waals surface area (Å²) in [6.07, 6.45) is 3.38. The van der Waals surface area contributed by atoms with Crippen LogP contribution in [0.4, 0.5) is 10.1 Å². The minimum atomic E-state index is -0.329. The predicted molar refractivity (Wildman–Crippen MR) is 79.0 cm³/mol. The number of halogens is 1. The molecule has 1 aliphatic carbocycles. The van der Waals surface area contributed by atoms with Gasteiger partial charge in [-0.1, -0.05) is 6.07 Å². The molecule has 3 nitrogen and oxygen atoms in total. The average molecular weight is 285 g/mol. The second-order valence-electron chi connectivity index (χ2n) is 5.13. The molecule has 108 valence electrons. The molecular weight excluding hydrogens is 269 g/mol. The SMILES string of the molecule is O=C(COc1ccc(F)cc1)Nc1ccc2c(c1)CCC2. The molecule has 0 saturated carbocycles. The Hall–Kier alpha value is -2.36. The summed E-state index contributed by atoms with van der Waals surface area (Å²) in [4.78, 5) is 11.8. The molecule has 0 radical (unpaired) electrons. The smallest absolute Gasteiger partial charge is 0.262 e. The van der Waals surface area contributed by atoms with Crippen molar-refractivity contribution < 1.29 is 13.9 Å². The van der Waals surface area contributed by atoms with E-state index in [-0.39, 0.29) is 18.3 Å². The largest absolute Gasteiger partial charge is 0.484 e. The van der Waals surface area contributed by atoms with E-state index in [1.807, 2.05) is 12.1 Å². The molecule has 0 bridgehead atoms. The fraction of sp³-hybridized carbons (Fsp3) is 0.235. The molecule has 1 aliphatic rings. The first-order chi connectivity index (χ1) is 10.2. The van der Waals surface area contributed by atoms with Gasteiger partial charge < -0.3 is 10.1 Å². The van der Waals surface area contributed by atoms with E-state index in [4.69, 9.17) is 4.74 Å². The Labute approximate surface area is 122 Å². The lowest BCUT2D eigenvalue weighted by Gasteiger charge is -2.09. The maximum Gasteiger partial charge on any atom is 0.262 e. The summed E-state index contributed by atoms with van der Waals surface area (Å²) in [6, 6.07) is 11.6. The Morgan fingerprint density at radius 2 is 1.86 bits per heavy atom. The minimum absolute atomic E-state index is 0.0945. The lowest BCUT2D eigenvalue weighted by molar-refractivity contribution is -0.118. The van der Waals surface area contributed by atoms with Crippen molar-refractivity contribution in [3.8, 4) is 5.75 Å². The molecule has 0 aliphatic heterocycles. The van der Waals surface area contributed by atoms with Crippen molar-refractivity contribution in [1.29, 1.82) is 0 Å². The van der Waals surface area contributed by atoms with Crippen molar-refractivity contribution >= 4 is 11.6 Å². The molecule has 3 rings (SSSR count). The van der Waals surface area contributed by atoms with Crippen LogP contribution >= 0.6 is 0 Å². The molecule has 1 N–H and O–H groups in total. The first kappa shape index (κ1) is 13.6. The van der Waals surface area contributed by atoms with Crippen LogP contribution in [0.3, 0.4) is 0 Å². The summed E-state index contributed by atoms with van der Waals surface area (Å²) in [6.45, 7) is -0.0945. The summed E-state index contributed by atoms with van der Waals surface area (Å²) < 4.78 is 18.1. The van der Waals surface area contributed by atoms with Gasteiger partial charge in [-0.3, -0.25) is 4.79 Å². The van der Waals surface area contributed by atoms with Crippen LogP contribution in [0, 0.1) is 5.82 Å². The number of hydrogen-bond acceptors (Lipinski definition) is 2. The number of aryl methyl sites for hydroxylation is 2. The molecule has 0 heterocycles. The third kappa shape index (κ3) is 3.40. The van der Waals surface area contributed by atoms with Gasteiger partial charge in [-0.05, 0) is 66.8 Å². The molecule has 0 fully saturated rings.